The lowest BCUT2D eigenvalue weighted by molar-refractivity contribution is -0.124. The maximum absolute atomic E-state index is 12.0. The monoisotopic (exact) mass is 311 g/mol. The molecule has 2 aliphatic carbocycles. The van der Waals surface area contributed by atoms with E-state index in [1.165, 1.54) is 11.8 Å². The molecule has 1 heterocycles. The Kier molecular flexibility index (Phi) is 3.83. The fourth-order valence-corrected chi connectivity index (χ4v) is 4.11. The topological polar surface area (TPSA) is 106 Å². The van der Waals surface area contributed by atoms with E-state index in [1.54, 1.807) is 4.57 Å². The Morgan fingerprint density at radius 3 is 2.76 bits per heavy atom. The number of thioether (sulfide) groups is 1. The summed E-state index contributed by atoms with van der Waals surface area (Å²) in [5, 5.41) is 10.5. The highest BCUT2D eigenvalue weighted by atomic mass is 32.2. The summed E-state index contributed by atoms with van der Waals surface area (Å²) < 4.78 is 1.70. The third kappa shape index (κ3) is 2.74. The number of carbonyl (C=O) groups is 1. The number of hydrogen-bond acceptors (Lipinski definition) is 5. The summed E-state index contributed by atoms with van der Waals surface area (Å²) in [7, 11) is 0. The fraction of sp³-hybridized carbons (Fsp3) is 0.769. The Labute approximate surface area is 127 Å². The number of primary amides is 1. The molecule has 2 aliphatic rings. The molecule has 1 unspecified atom stereocenters. The van der Waals surface area contributed by atoms with E-state index in [2.05, 4.69) is 15.5 Å². The van der Waals surface area contributed by atoms with Gasteiger partial charge < -0.3 is 11.1 Å². The maximum atomic E-state index is 12.0. The molecule has 0 saturated heterocycles. The van der Waals surface area contributed by atoms with Crippen molar-refractivity contribution in [1.82, 2.24) is 20.1 Å². The largest absolute Gasteiger partial charge is 0.368 e. The molecule has 2 saturated carbocycles. The Morgan fingerprint density at radius 2 is 2.24 bits per heavy atom. The molecule has 4 N–H and O–H groups in total. The number of H-pyrrole nitrogens is 1. The van der Waals surface area contributed by atoms with Crippen LogP contribution in [-0.2, 0) is 4.79 Å². The first-order chi connectivity index (χ1) is 10.1. The predicted octanol–water partition coefficient (Wildman–Crippen LogP) is 0.242. The van der Waals surface area contributed by atoms with Crippen LogP contribution >= 0.6 is 11.8 Å². The highest BCUT2D eigenvalue weighted by Gasteiger charge is 2.49. The first-order valence-electron chi connectivity index (χ1n) is 7.43. The summed E-state index contributed by atoms with van der Waals surface area (Å²) in [6.07, 6.45) is 4.08. The van der Waals surface area contributed by atoms with Crippen molar-refractivity contribution in [2.45, 2.75) is 49.3 Å². The zero-order valence-corrected chi connectivity index (χ0v) is 12.9. The van der Waals surface area contributed by atoms with E-state index in [0.29, 0.717) is 23.4 Å². The molecule has 1 amide bonds. The summed E-state index contributed by atoms with van der Waals surface area (Å²) in [6.45, 7) is 2.66. The van der Waals surface area contributed by atoms with Crippen molar-refractivity contribution in [3.63, 3.8) is 0 Å². The summed E-state index contributed by atoms with van der Waals surface area (Å²) in [5.74, 6) is 0.496. The second-order valence-corrected chi connectivity index (χ2v) is 6.78. The Bertz CT molecular complexity index is 590. The average molecular weight is 311 g/mol. The van der Waals surface area contributed by atoms with Gasteiger partial charge in [-0.3, -0.25) is 9.36 Å². The quantitative estimate of drug-likeness (QED) is 0.596. The van der Waals surface area contributed by atoms with Crippen molar-refractivity contribution in [3.05, 3.63) is 10.5 Å². The van der Waals surface area contributed by atoms with Crippen molar-refractivity contribution in [1.29, 1.82) is 0 Å². The standard InChI is InChI=1S/C13H21N5O2S/c1-2-15-13(10(14)19,8-3-4-8)7-21-12-17-16-11(20)18(12)9-5-6-9/h8-9,15H,2-7H2,1H3,(H2,14,19)(H,16,20). The van der Waals surface area contributed by atoms with E-state index < -0.39 is 5.54 Å². The number of aromatic amines is 1. The van der Waals surface area contributed by atoms with Gasteiger partial charge in [-0.1, -0.05) is 18.7 Å². The average Bonchev–Trinajstić information content (AvgIpc) is 3.34. The van der Waals surface area contributed by atoms with Crippen LogP contribution in [0.25, 0.3) is 0 Å². The summed E-state index contributed by atoms with van der Waals surface area (Å²) in [5.41, 5.74) is 4.81. The number of likely N-dealkylation sites (N-methyl/N-ethyl adjacent to an activating group) is 1. The first-order valence-corrected chi connectivity index (χ1v) is 8.41. The number of nitrogens with zero attached hydrogens (tertiary/aromatic N) is 2. The van der Waals surface area contributed by atoms with Gasteiger partial charge in [0.25, 0.3) is 0 Å². The minimum absolute atomic E-state index is 0.167. The van der Waals surface area contributed by atoms with Crippen LogP contribution in [0, 0.1) is 5.92 Å². The minimum atomic E-state index is -0.692. The van der Waals surface area contributed by atoms with Crippen molar-refractivity contribution < 1.29 is 4.79 Å². The van der Waals surface area contributed by atoms with Gasteiger partial charge in [0.2, 0.25) is 5.91 Å². The normalized spacial score (nSPS) is 21.2. The molecular weight excluding hydrogens is 290 g/mol. The van der Waals surface area contributed by atoms with Crippen LogP contribution in [-0.4, -0.2) is 38.5 Å². The zero-order valence-electron chi connectivity index (χ0n) is 12.1. The molecule has 1 aromatic rings. The molecule has 1 aromatic heterocycles. The predicted molar refractivity (Wildman–Crippen MR) is 80.2 cm³/mol. The smallest absolute Gasteiger partial charge is 0.344 e. The van der Waals surface area contributed by atoms with Gasteiger partial charge in [-0.05, 0) is 38.1 Å². The molecule has 116 valence electrons. The van der Waals surface area contributed by atoms with Crippen LogP contribution in [0.1, 0.15) is 38.6 Å². The fourth-order valence-electron chi connectivity index (χ4n) is 2.79. The van der Waals surface area contributed by atoms with E-state index in [9.17, 15) is 9.59 Å². The Morgan fingerprint density at radius 1 is 1.52 bits per heavy atom. The number of amides is 1. The SMILES string of the molecule is CCNC(CSc1n[nH]c(=O)n1C1CC1)(C(N)=O)C1CC1. The van der Waals surface area contributed by atoms with Crippen molar-refractivity contribution in [3.8, 4) is 0 Å². The summed E-state index contributed by atoms with van der Waals surface area (Å²) in [4.78, 5) is 23.8. The third-order valence-electron chi connectivity index (χ3n) is 4.22. The molecule has 0 bridgehead atoms. The molecule has 1 atom stereocenters. The highest BCUT2D eigenvalue weighted by molar-refractivity contribution is 7.99. The van der Waals surface area contributed by atoms with Crippen molar-refractivity contribution >= 4 is 17.7 Å². The highest BCUT2D eigenvalue weighted by Crippen LogP contribution is 2.43. The van der Waals surface area contributed by atoms with Crippen molar-refractivity contribution in [2.24, 2.45) is 11.7 Å². The van der Waals surface area contributed by atoms with Crippen LogP contribution in [0.4, 0.5) is 0 Å². The van der Waals surface area contributed by atoms with E-state index in [4.69, 9.17) is 5.73 Å². The molecular formula is C13H21N5O2S. The Balaban J connectivity index is 1.78. The molecule has 8 heteroatoms. The van der Waals surface area contributed by atoms with E-state index >= 15 is 0 Å². The second-order valence-electron chi connectivity index (χ2n) is 5.84. The lowest BCUT2D eigenvalue weighted by Gasteiger charge is -2.31. The van der Waals surface area contributed by atoms with Gasteiger partial charge in [0, 0.05) is 11.8 Å². The zero-order chi connectivity index (χ0) is 15.0. The lowest BCUT2D eigenvalue weighted by Crippen LogP contribution is -2.59. The maximum Gasteiger partial charge on any atom is 0.344 e. The number of hydrogen-bond donors (Lipinski definition) is 3. The van der Waals surface area contributed by atoms with Crippen LogP contribution in [0.15, 0.2) is 9.95 Å². The molecule has 0 aliphatic heterocycles. The van der Waals surface area contributed by atoms with Gasteiger partial charge in [0.05, 0.1) is 0 Å². The van der Waals surface area contributed by atoms with Gasteiger partial charge in [-0.2, -0.15) is 0 Å². The third-order valence-corrected chi connectivity index (χ3v) is 5.37. The number of nitrogens with two attached hydrogens (primary N) is 1. The van der Waals surface area contributed by atoms with Crippen LogP contribution in [0.5, 0.6) is 0 Å². The summed E-state index contributed by atoms with van der Waals surface area (Å²) >= 11 is 1.44. The molecule has 0 spiro atoms. The van der Waals surface area contributed by atoms with Gasteiger partial charge in [0.15, 0.2) is 5.16 Å². The van der Waals surface area contributed by atoms with E-state index in [0.717, 1.165) is 25.7 Å². The molecule has 0 aromatic carbocycles. The van der Waals surface area contributed by atoms with E-state index in [-0.39, 0.29) is 17.6 Å². The van der Waals surface area contributed by atoms with Crippen LogP contribution in [0.2, 0.25) is 0 Å². The number of aromatic nitrogens is 3. The van der Waals surface area contributed by atoms with Gasteiger partial charge in [-0.15, -0.1) is 5.10 Å². The molecule has 0 radical (unpaired) electrons. The van der Waals surface area contributed by atoms with Gasteiger partial charge >= 0.3 is 5.69 Å². The molecule has 21 heavy (non-hydrogen) atoms. The molecule has 7 nitrogen and oxygen atoms in total. The minimum Gasteiger partial charge on any atom is -0.368 e. The van der Waals surface area contributed by atoms with E-state index in [1.807, 2.05) is 6.92 Å². The first kappa shape index (κ1) is 14.6. The van der Waals surface area contributed by atoms with Gasteiger partial charge in [-0.25, -0.2) is 9.89 Å². The molecule has 3 rings (SSSR count). The van der Waals surface area contributed by atoms with Gasteiger partial charge in [0.1, 0.15) is 5.54 Å². The van der Waals surface area contributed by atoms with Crippen LogP contribution in [0.3, 0.4) is 0 Å². The Hall–Kier alpha value is -1.28. The lowest BCUT2D eigenvalue weighted by atomic mass is 9.94. The second kappa shape index (κ2) is 5.49. The number of nitrogens with one attached hydrogen (secondary N) is 2. The van der Waals surface area contributed by atoms with Crippen LogP contribution < -0.4 is 16.7 Å². The molecule has 2 fully saturated rings. The summed E-state index contributed by atoms with van der Waals surface area (Å²) in [6, 6.07) is 0.266. The van der Waals surface area contributed by atoms with Crippen molar-refractivity contribution in [2.75, 3.05) is 12.3 Å². The number of carbonyl (C=O) groups excluding carboxylic acids is 1. The number of rotatable bonds is 8.